The van der Waals surface area contributed by atoms with E-state index in [1.165, 1.54) is 12.8 Å². The maximum absolute atomic E-state index is 12.3. The van der Waals surface area contributed by atoms with Crippen LogP contribution in [-0.2, 0) is 11.3 Å². The van der Waals surface area contributed by atoms with Gasteiger partial charge in [0.05, 0.1) is 12.6 Å². The summed E-state index contributed by atoms with van der Waals surface area (Å²) in [7, 11) is 1.90. The van der Waals surface area contributed by atoms with E-state index in [9.17, 15) is 4.79 Å². The predicted molar refractivity (Wildman–Crippen MR) is 91.1 cm³/mol. The van der Waals surface area contributed by atoms with Crippen molar-refractivity contribution in [3.8, 4) is 11.5 Å². The van der Waals surface area contributed by atoms with Crippen molar-refractivity contribution in [3.63, 3.8) is 0 Å². The van der Waals surface area contributed by atoms with E-state index in [1.807, 2.05) is 49.2 Å². The molecule has 1 aromatic carbocycles. The van der Waals surface area contributed by atoms with Crippen molar-refractivity contribution >= 4 is 5.91 Å². The van der Waals surface area contributed by atoms with Crippen LogP contribution in [0.15, 0.2) is 34.9 Å². The largest absolute Gasteiger partial charge is 0.352 e. The fraction of sp³-hybridized carbons (Fsp3) is 0.500. The van der Waals surface area contributed by atoms with Crippen LogP contribution >= 0.6 is 0 Å². The predicted octanol–water partition coefficient (Wildman–Crippen LogP) is 2.62. The number of nitrogens with one attached hydrogen (secondary N) is 1. The molecular weight excluding hydrogens is 304 g/mol. The van der Waals surface area contributed by atoms with Crippen LogP contribution in [0.4, 0.5) is 0 Å². The van der Waals surface area contributed by atoms with E-state index in [1.54, 1.807) is 0 Å². The molecule has 1 amide bonds. The molecule has 1 aliphatic carbocycles. The number of hydrogen-bond donors (Lipinski definition) is 1. The minimum Gasteiger partial charge on any atom is -0.352 e. The Morgan fingerprint density at radius 1 is 1.33 bits per heavy atom. The van der Waals surface area contributed by atoms with Crippen molar-refractivity contribution in [2.75, 3.05) is 7.05 Å². The highest BCUT2D eigenvalue weighted by molar-refractivity contribution is 5.81. The van der Waals surface area contributed by atoms with Gasteiger partial charge in [0.25, 0.3) is 5.89 Å². The lowest BCUT2D eigenvalue weighted by Crippen LogP contribution is -2.46. The zero-order chi connectivity index (χ0) is 16.9. The van der Waals surface area contributed by atoms with Gasteiger partial charge in [-0.25, -0.2) is 0 Å². The van der Waals surface area contributed by atoms with Gasteiger partial charge in [0.15, 0.2) is 5.82 Å². The number of likely N-dealkylation sites (N-methyl/N-ethyl adjacent to an activating group) is 1. The van der Waals surface area contributed by atoms with Crippen LogP contribution in [0.5, 0.6) is 0 Å². The molecule has 0 unspecified atom stereocenters. The third-order valence-electron chi connectivity index (χ3n) is 4.62. The molecule has 1 aliphatic rings. The monoisotopic (exact) mass is 328 g/mol. The Hall–Kier alpha value is -2.21. The number of carbonyl (C=O) groups excluding carboxylic acids is 1. The SMILES string of the molecule is C[C@@H](C(=O)NC1CCCC1)N(C)Cc1noc(-c2ccccc2)n1. The first kappa shape index (κ1) is 16.6. The summed E-state index contributed by atoms with van der Waals surface area (Å²) in [6.45, 7) is 2.37. The molecule has 3 rings (SSSR count). The average Bonchev–Trinajstić information content (AvgIpc) is 3.27. The minimum absolute atomic E-state index is 0.0659. The molecule has 0 spiro atoms. The van der Waals surface area contributed by atoms with Gasteiger partial charge in [-0.2, -0.15) is 4.98 Å². The first-order chi connectivity index (χ1) is 11.6. The summed E-state index contributed by atoms with van der Waals surface area (Å²) < 4.78 is 5.31. The number of amides is 1. The third-order valence-corrected chi connectivity index (χ3v) is 4.62. The van der Waals surface area contributed by atoms with Gasteiger partial charge in [0, 0.05) is 11.6 Å². The van der Waals surface area contributed by atoms with Gasteiger partial charge < -0.3 is 9.84 Å². The van der Waals surface area contributed by atoms with Crippen LogP contribution in [0, 0.1) is 0 Å². The number of hydrogen-bond acceptors (Lipinski definition) is 5. The Bertz CT molecular complexity index is 665. The second-order valence-corrected chi connectivity index (χ2v) is 6.46. The van der Waals surface area contributed by atoms with Gasteiger partial charge in [-0.3, -0.25) is 9.69 Å². The van der Waals surface area contributed by atoms with Crippen molar-refractivity contribution in [1.82, 2.24) is 20.4 Å². The highest BCUT2D eigenvalue weighted by atomic mass is 16.5. The average molecular weight is 328 g/mol. The van der Waals surface area contributed by atoms with E-state index in [2.05, 4.69) is 15.5 Å². The molecule has 1 heterocycles. The quantitative estimate of drug-likeness (QED) is 0.882. The third kappa shape index (κ3) is 4.00. The molecule has 0 saturated heterocycles. The number of benzene rings is 1. The molecule has 6 heteroatoms. The Balaban J connectivity index is 1.57. The minimum atomic E-state index is -0.232. The van der Waals surface area contributed by atoms with E-state index in [0.29, 0.717) is 24.3 Å². The molecule has 1 aromatic heterocycles. The molecule has 6 nitrogen and oxygen atoms in total. The van der Waals surface area contributed by atoms with Crippen LogP contribution in [0.2, 0.25) is 0 Å². The molecule has 0 bridgehead atoms. The highest BCUT2D eigenvalue weighted by Gasteiger charge is 2.24. The molecule has 1 saturated carbocycles. The summed E-state index contributed by atoms with van der Waals surface area (Å²) in [6.07, 6.45) is 4.60. The van der Waals surface area contributed by atoms with E-state index < -0.39 is 0 Å². The molecule has 0 radical (unpaired) electrons. The summed E-state index contributed by atoms with van der Waals surface area (Å²) in [6, 6.07) is 9.77. The smallest absolute Gasteiger partial charge is 0.257 e. The molecule has 2 aromatic rings. The second-order valence-electron chi connectivity index (χ2n) is 6.46. The van der Waals surface area contributed by atoms with E-state index in [0.717, 1.165) is 18.4 Å². The lowest BCUT2D eigenvalue weighted by Gasteiger charge is -2.24. The fourth-order valence-electron chi connectivity index (χ4n) is 2.97. The van der Waals surface area contributed by atoms with Crippen LogP contribution in [-0.4, -0.2) is 40.1 Å². The second kappa shape index (κ2) is 7.57. The summed E-state index contributed by atoms with van der Waals surface area (Å²) in [4.78, 5) is 18.7. The van der Waals surface area contributed by atoms with Gasteiger partial charge in [-0.1, -0.05) is 36.2 Å². The standard InChI is InChI=1S/C18H24N4O2/c1-13(17(23)19-15-10-6-7-11-15)22(2)12-16-20-18(24-21-16)14-8-4-3-5-9-14/h3-5,8-9,13,15H,6-7,10-12H2,1-2H3,(H,19,23)/t13-/m0/s1. The molecule has 128 valence electrons. The molecule has 1 N–H and O–H groups in total. The Labute approximate surface area is 142 Å². The van der Waals surface area contributed by atoms with Gasteiger partial charge in [-0.05, 0) is 38.9 Å². The maximum Gasteiger partial charge on any atom is 0.257 e. The Kier molecular flexibility index (Phi) is 5.25. The van der Waals surface area contributed by atoms with Gasteiger partial charge in [-0.15, -0.1) is 0 Å². The normalized spacial score (nSPS) is 16.5. The van der Waals surface area contributed by atoms with E-state index in [4.69, 9.17) is 4.52 Å². The van der Waals surface area contributed by atoms with Gasteiger partial charge in [0.2, 0.25) is 5.91 Å². The van der Waals surface area contributed by atoms with Crippen LogP contribution in [0.3, 0.4) is 0 Å². The number of aromatic nitrogens is 2. The van der Waals surface area contributed by atoms with E-state index in [-0.39, 0.29) is 11.9 Å². The van der Waals surface area contributed by atoms with Crippen molar-refractivity contribution < 1.29 is 9.32 Å². The lowest BCUT2D eigenvalue weighted by molar-refractivity contribution is -0.126. The first-order valence-electron chi connectivity index (χ1n) is 8.52. The van der Waals surface area contributed by atoms with Crippen LogP contribution in [0.1, 0.15) is 38.4 Å². The van der Waals surface area contributed by atoms with Crippen molar-refractivity contribution in [3.05, 3.63) is 36.2 Å². The molecule has 0 aliphatic heterocycles. The zero-order valence-corrected chi connectivity index (χ0v) is 14.2. The van der Waals surface area contributed by atoms with E-state index >= 15 is 0 Å². The molecular formula is C18H24N4O2. The van der Waals surface area contributed by atoms with Crippen LogP contribution in [0.25, 0.3) is 11.5 Å². The van der Waals surface area contributed by atoms with Crippen molar-refractivity contribution in [2.24, 2.45) is 0 Å². The van der Waals surface area contributed by atoms with Gasteiger partial charge in [0.1, 0.15) is 0 Å². The molecule has 1 fully saturated rings. The Morgan fingerprint density at radius 3 is 2.75 bits per heavy atom. The van der Waals surface area contributed by atoms with Gasteiger partial charge >= 0.3 is 0 Å². The molecule has 24 heavy (non-hydrogen) atoms. The van der Waals surface area contributed by atoms with Crippen molar-refractivity contribution in [1.29, 1.82) is 0 Å². The number of nitrogens with zero attached hydrogens (tertiary/aromatic N) is 3. The van der Waals surface area contributed by atoms with Crippen molar-refractivity contribution in [2.45, 2.75) is 51.2 Å². The first-order valence-corrected chi connectivity index (χ1v) is 8.52. The summed E-state index contributed by atoms with van der Waals surface area (Å²) >= 11 is 0. The summed E-state index contributed by atoms with van der Waals surface area (Å²) in [5.41, 5.74) is 0.894. The lowest BCUT2D eigenvalue weighted by atomic mass is 10.2. The summed E-state index contributed by atoms with van der Waals surface area (Å²) in [5.74, 6) is 1.15. The highest BCUT2D eigenvalue weighted by Crippen LogP contribution is 2.19. The number of carbonyl (C=O) groups is 1. The summed E-state index contributed by atoms with van der Waals surface area (Å²) in [5, 5.41) is 7.15. The number of rotatable bonds is 6. The topological polar surface area (TPSA) is 71.3 Å². The maximum atomic E-state index is 12.3. The van der Waals surface area contributed by atoms with Crippen LogP contribution < -0.4 is 5.32 Å². The molecule has 1 atom stereocenters. The Morgan fingerprint density at radius 2 is 2.04 bits per heavy atom. The fourth-order valence-corrected chi connectivity index (χ4v) is 2.97. The zero-order valence-electron chi connectivity index (χ0n) is 14.2.